The third-order valence-corrected chi connectivity index (χ3v) is 5.55. The van der Waals surface area contributed by atoms with E-state index in [1.165, 1.54) is 0 Å². The minimum atomic E-state index is -3.65. The molecule has 9 heteroatoms. The van der Waals surface area contributed by atoms with E-state index in [4.69, 9.17) is 4.74 Å². The molecule has 8 nitrogen and oxygen atoms in total. The second-order valence-corrected chi connectivity index (χ2v) is 8.50. The van der Waals surface area contributed by atoms with Gasteiger partial charge in [-0.05, 0) is 37.6 Å². The Morgan fingerprint density at radius 3 is 2.33 bits per heavy atom. The summed E-state index contributed by atoms with van der Waals surface area (Å²) < 4.78 is 30.6. The number of ether oxygens (including phenoxy) is 1. The Bertz CT molecular complexity index is 758. The molecule has 0 saturated carbocycles. The van der Waals surface area contributed by atoms with E-state index in [9.17, 15) is 18.0 Å². The Balaban J connectivity index is 2.14. The van der Waals surface area contributed by atoms with E-state index in [0.717, 1.165) is 17.0 Å². The molecule has 1 N–H and O–H groups in total. The lowest BCUT2D eigenvalue weighted by atomic mass is 10.1. The van der Waals surface area contributed by atoms with Crippen molar-refractivity contribution in [2.45, 2.75) is 26.3 Å². The number of sulfonamides is 1. The van der Waals surface area contributed by atoms with E-state index in [-0.39, 0.29) is 24.4 Å². The molecule has 1 atom stereocenters. The molecule has 150 valence electrons. The van der Waals surface area contributed by atoms with E-state index < -0.39 is 10.0 Å². The number of hydrogen-bond acceptors (Lipinski definition) is 5. The van der Waals surface area contributed by atoms with Crippen LogP contribution in [0.25, 0.3) is 0 Å². The average molecular weight is 397 g/mol. The standard InChI is InChI=1S/C18H27N3O5S/c1-4-14(2)19-17(22)13-21(27(3,24)25)16-7-5-15(6-8-16)18(23)20-9-11-26-12-10-20/h5-8,14H,4,9-13H2,1-3H3,(H,19,22). The molecule has 2 rings (SSSR count). The lowest BCUT2D eigenvalue weighted by Gasteiger charge is -2.27. The molecule has 0 bridgehead atoms. The van der Waals surface area contributed by atoms with Gasteiger partial charge in [-0.1, -0.05) is 6.92 Å². The van der Waals surface area contributed by atoms with Gasteiger partial charge >= 0.3 is 0 Å². The number of morpholine rings is 1. The third kappa shape index (κ3) is 5.93. The first-order chi connectivity index (χ1) is 12.7. The SMILES string of the molecule is CCC(C)NC(=O)CN(c1ccc(C(=O)N2CCOCC2)cc1)S(C)(=O)=O. The van der Waals surface area contributed by atoms with Gasteiger partial charge in [-0.15, -0.1) is 0 Å². The molecule has 0 spiro atoms. The van der Waals surface area contributed by atoms with Crippen LogP contribution in [0.15, 0.2) is 24.3 Å². The van der Waals surface area contributed by atoms with Crippen molar-refractivity contribution in [3.8, 4) is 0 Å². The van der Waals surface area contributed by atoms with Gasteiger partial charge in [0.15, 0.2) is 0 Å². The van der Waals surface area contributed by atoms with E-state index in [0.29, 0.717) is 37.6 Å². The van der Waals surface area contributed by atoms with Crippen molar-refractivity contribution in [2.75, 3.05) is 43.4 Å². The quantitative estimate of drug-likeness (QED) is 0.736. The molecule has 1 aliphatic heterocycles. The predicted molar refractivity (Wildman–Crippen MR) is 103 cm³/mol. The Kier molecular flexibility index (Phi) is 7.20. The van der Waals surface area contributed by atoms with Crippen LogP contribution in [-0.4, -0.2) is 70.3 Å². The van der Waals surface area contributed by atoms with Crippen molar-refractivity contribution < 1.29 is 22.7 Å². The van der Waals surface area contributed by atoms with Gasteiger partial charge in [0.2, 0.25) is 15.9 Å². The van der Waals surface area contributed by atoms with E-state index in [1.807, 2.05) is 13.8 Å². The zero-order valence-corrected chi connectivity index (χ0v) is 16.8. The lowest BCUT2D eigenvalue weighted by molar-refractivity contribution is -0.120. The van der Waals surface area contributed by atoms with Gasteiger partial charge in [0.25, 0.3) is 5.91 Å². The van der Waals surface area contributed by atoms with Gasteiger partial charge in [0.1, 0.15) is 6.54 Å². The molecule has 1 unspecified atom stereocenters. The van der Waals surface area contributed by atoms with Crippen molar-refractivity contribution in [1.82, 2.24) is 10.2 Å². The summed E-state index contributed by atoms with van der Waals surface area (Å²) in [5, 5.41) is 2.76. The fourth-order valence-electron chi connectivity index (χ4n) is 2.67. The second kappa shape index (κ2) is 9.18. The fraction of sp³-hybridized carbons (Fsp3) is 0.556. The minimum Gasteiger partial charge on any atom is -0.378 e. The second-order valence-electron chi connectivity index (χ2n) is 6.60. The van der Waals surface area contributed by atoms with E-state index in [2.05, 4.69) is 5.32 Å². The van der Waals surface area contributed by atoms with Crippen LogP contribution < -0.4 is 9.62 Å². The number of carbonyl (C=O) groups excluding carboxylic acids is 2. The summed E-state index contributed by atoms with van der Waals surface area (Å²) in [4.78, 5) is 26.3. The first-order valence-corrected chi connectivity index (χ1v) is 10.8. The number of hydrogen-bond donors (Lipinski definition) is 1. The normalized spacial score (nSPS) is 15.9. The van der Waals surface area contributed by atoms with Crippen LogP contribution in [0, 0.1) is 0 Å². The van der Waals surface area contributed by atoms with Crippen LogP contribution in [0.3, 0.4) is 0 Å². The van der Waals surface area contributed by atoms with Gasteiger partial charge in [-0.25, -0.2) is 8.42 Å². The van der Waals surface area contributed by atoms with Crippen molar-refractivity contribution in [3.05, 3.63) is 29.8 Å². The van der Waals surface area contributed by atoms with Crippen LogP contribution in [0.4, 0.5) is 5.69 Å². The maximum Gasteiger partial charge on any atom is 0.254 e. The molecule has 2 amide bonds. The maximum atomic E-state index is 12.5. The minimum absolute atomic E-state index is 0.0348. The van der Waals surface area contributed by atoms with Gasteiger partial charge in [-0.3, -0.25) is 13.9 Å². The predicted octanol–water partition coefficient (Wildman–Crippen LogP) is 0.840. The van der Waals surface area contributed by atoms with Crippen LogP contribution >= 0.6 is 0 Å². The van der Waals surface area contributed by atoms with Crippen LogP contribution in [0.5, 0.6) is 0 Å². The number of carbonyl (C=O) groups is 2. The average Bonchev–Trinajstić information content (AvgIpc) is 2.65. The highest BCUT2D eigenvalue weighted by Gasteiger charge is 2.23. The molecule has 1 saturated heterocycles. The highest BCUT2D eigenvalue weighted by atomic mass is 32.2. The van der Waals surface area contributed by atoms with Crippen LogP contribution in [-0.2, 0) is 19.6 Å². The van der Waals surface area contributed by atoms with Crippen LogP contribution in [0.2, 0.25) is 0 Å². The number of anilines is 1. The highest BCUT2D eigenvalue weighted by Crippen LogP contribution is 2.19. The number of nitrogens with zero attached hydrogens (tertiary/aromatic N) is 2. The molecule has 0 aromatic heterocycles. The summed E-state index contributed by atoms with van der Waals surface area (Å²) in [5.74, 6) is -0.492. The van der Waals surface area contributed by atoms with E-state index >= 15 is 0 Å². The summed E-state index contributed by atoms with van der Waals surface area (Å²) in [7, 11) is -3.65. The van der Waals surface area contributed by atoms with Crippen molar-refractivity contribution in [2.24, 2.45) is 0 Å². The van der Waals surface area contributed by atoms with Crippen LogP contribution in [0.1, 0.15) is 30.6 Å². The summed E-state index contributed by atoms with van der Waals surface area (Å²) in [5.41, 5.74) is 0.813. The van der Waals surface area contributed by atoms with Gasteiger partial charge in [-0.2, -0.15) is 0 Å². The zero-order chi connectivity index (χ0) is 20.0. The van der Waals surface area contributed by atoms with E-state index in [1.54, 1.807) is 29.2 Å². The molecule has 1 aromatic carbocycles. The molecule has 1 aromatic rings. The first-order valence-electron chi connectivity index (χ1n) is 8.96. The molecule has 0 radical (unpaired) electrons. The van der Waals surface area contributed by atoms with Gasteiger partial charge in [0, 0.05) is 24.7 Å². The van der Waals surface area contributed by atoms with Crippen molar-refractivity contribution >= 4 is 27.5 Å². The summed E-state index contributed by atoms with van der Waals surface area (Å²) in [6.07, 6.45) is 1.80. The van der Waals surface area contributed by atoms with Crippen molar-refractivity contribution in [1.29, 1.82) is 0 Å². The Hall–Kier alpha value is -2.13. The largest absolute Gasteiger partial charge is 0.378 e. The Labute approximate surface area is 160 Å². The Morgan fingerprint density at radius 2 is 1.81 bits per heavy atom. The topological polar surface area (TPSA) is 96.0 Å². The number of nitrogens with one attached hydrogen (secondary N) is 1. The summed E-state index contributed by atoms with van der Waals surface area (Å²) in [6, 6.07) is 6.22. The molecule has 1 fully saturated rings. The monoisotopic (exact) mass is 397 g/mol. The smallest absolute Gasteiger partial charge is 0.254 e. The molecule has 1 heterocycles. The maximum absolute atomic E-state index is 12.5. The first kappa shape index (κ1) is 21.2. The van der Waals surface area contributed by atoms with Crippen molar-refractivity contribution in [3.63, 3.8) is 0 Å². The third-order valence-electron chi connectivity index (χ3n) is 4.41. The molecule has 1 aliphatic rings. The number of amides is 2. The molecular formula is C18H27N3O5S. The fourth-order valence-corrected chi connectivity index (χ4v) is 3.53. The zero-order valence-electron chi connectivity index (χ0n) is 16.0. The van der Waals surface area contributed by atoms with Gasteiger partial charge in [0.05, 0.1) is 25.2 Å². The molecular weight excluding hydrogens is 370 g/mol. The molecule has 0 aliphatic carbocycles. The summed E-state index contributed by atoms with van der Waals surface area (Å²) in [6.45, 7) is 5.57. The lowest BCUT2D eigenvalue weighted by Crippen LogP contribution is -2.43. The number of rotatable bonds is 7. The summed E-state index contributed by atoms with van der Waals surface area (Å²) >= 11 is 0. The number of benzene rings is 1. The molecule has 27 heavy (non-hydrogen) atoms. The Morgan fingerprint density at radius 1 is 1.22 bits per heavy atom. The van der Waals surface area contributed by atoms with Gasteiger partial charge < -0.3 is 15.0 Å². The highest BCUT2D eigenvalue weighted by molar-refractivity contribution is 7.92.